The summed E-state index contributed by atoms with van der Waals surface area (Å²) in [6, 6.07) is 15.8. The van der Waals surface area contributed by atoms with Crippen LogP contribution in [-0.2, 0) is 9.53 Å². The van der Waals surface area contributed by atoms with Crippen LogP contribution in [0.5, 0.6) is 0 Å². The molecule has 28 heavy (non-hydrogen) atoms. The molecular weight excluding hydrogens is 478 g/mol. The molecule has 6 heteroatoms. The smallest absolute Gasteiger partial charge is 1.00 e. The van der Waals surface area contributed by atoms with Crippen molar-refractivity contribution in [2.45, 2.75) is 26.9 Å². The van der Waals surface area contributed by atoms with Crippen LogP contribution >= 0.6 is 0 Å². The van der Waals surface area contributed by atoms with Gasteiger partial charge in [-0.05, 0) is 31.9 Å². The molecule has 2 aromatic carbocycles. The number of ether oxygens (including phenoxy) is 1. The summed E-state index contributed by atoms with van der Waals surface area (Å²) in [6.07, 6.45) is -1.02. The average Bonchev–Trinajstić information content (AvgIpc) is 2.64. The van der Waals surface area contributed by atoms with E-state index < -0.39 is 12.2 Å². The Balaban J connectivity index is 0.00000392. The summed E-state index contributed by atoms with van der Waals surface area (Å²) in [7, 11) is 0. The van der Waals surface area contributed by atoms with Crippen molar-refractivity contribution >= 4 is 60.9 Å². The average molecular weight is 506 g/mol. The molecule has 0 aliphatic heterocycles. The van der Waals surface area contributed by atoms with Crippen LogP contribution in [0, 0.1) is 20.8 Å². The van der Waals surface area contributed by atoms with Gasteiger partial charge in [0, 0.05) is 19.6 Å². The van der Waals surface area contributed by atoms with Gasteiger partial charge >= 0.3 is 55.0 Å². The van der Waals surface area contributed by atoms with Crippen molar-refractivity contribution in [3.8, 4) is 0 Å². The molecule has 0 aromatic heterocycles. The van der Waals surface area contributed by atoms with Crippen molar-refractivity contribution in [3.63, 3.8) is 0 Å². The number of alkyl carbamates (subject to hydrolysis) is 1. The molecule has 0 fully saturated rings. The molecular formula is C22H28BaN2O3. The van der Waals surface area contributed by atoms with E-state index in [4.69, 9.17) is 4.74 Å². The third-order valence-corrected chi connectivity index (χ3v) is 4.37. The third kappa shape index (κ3) is 7.56. The molecule has 146 valence electrons. The molecule has 0 spiro atoms. The molecule has 0 bridgehead atoms. The number of carbonyl (C=O) groups is 2. The van der Waals surface area contributed by atoms with Gasteiger partial charge in [0.05, 0.1) is 5.91 Å². The van der Waals surface area contributed by atoms with Gasteiger partial charge in [-0.2, -0.15) is 0 Å². The van der Waals surface area contributed by atoms with Gasteiger partial charge in [0.25, 0.3) is 0 Å². The third-order valence-electron chi connectivity index (χ3n) is 4.37. The Hall–Kier alpha value is -1.38. The second-order valence-electron chi connectivity index (χ2n) is 6.51. The van der Waals surface area contributed by atoms with Gasteiger partial charge in [-0.1, -0.05) is 59.7 Å². The molecule has 2 amide bonds. The zero-order valence-corrected chi connectivity index (χ0v) is 21.3. The van der Waals surface area contributed by atoms with Gasteiger partial charge in [-0.15, -0.1) is 0 Å². The Kier molecular flexibility index (Phi) is 10.8. The molecule has 0 aliphatic rings. The quantitative estimate of drug-likeness (QED) is 0.463. The summed E-state index contributed by atoms with van der Waals surface area (Å²) in [5.74, 6) is -0.259. The predicted molar refractivity (Wildman–Crippen MR) is 113 cm³/mol. The second kappa shape index (κ2) is 12.2. The van der Waals surface area contributed by atoms with E-state index in [9.17, 15) is 9.59 Å². The summed E-state index contributed by atoms with van der Waals surface area (Å²) >= 11 is 0. The van der Waals surface area contributed by atoms with Crippen LogP contribution in [-0.4, -0.2) is 85.4 Å². The zero-order valence-electron chi connectivity index (χ0n) is 17.9. The number of benzene rings is 2. The van der Waals surface area contributed by atoms with Crippen LogP contribution in [0.4, 0.5) is 4.79 Å². The number of aryl methyl sites for hydroxylation is 2. The summed E-state index contributed by atoms with van der Waals surface area (Å²) < 4.78 is 5.71. The van der Waals surface area contributed by atoms with E-state index in [1.165, 1.54) is 0 Å². The number of rotatable bonds is 7. The first-order valence-electron chi connectivity index (χ1n) is 9.09. The first kappa shape index (κ1) is 24.7. The summed E-state index contributed by atoms with van der Waals surface area (Å²) in [4.78, 5) is 25.2. The summed E-state index contributed by atoms with van der Waals surface area (Å²) in [5, 5.41) is 2.71. The Morgan fingerprint density at radius 1 is 1.04 bits per heavy atom. The zero-order chi connectivity index (χ0) is 19.8. The van der Waals surface area contributed by atoms with E-state index in [2.05, 4.69) is 12.2 Å². The topological polar surface area (TPSA) is 58.6 Å². The number of carbonyl (C=O) groups excluding carboxylic acids is 2. The fraction of sp³-hybridized carbons (Fsp3) is 0.318. The minimum absolute atomic E-state index is 0. The Morgan fingerprint density at radius 2 is 1.50 bits per heavy atom. The van der Waals surface area contributed by atoms with Gasteiger partial charge in [-0.25, -0.2) is 4.79 Å². The minimum atomic E-state index is -0.520. The van der Waals surface area contributed by atoms with E-state index in [0.717, 1.165) is 22.3 Å². The van der Waals surface area contributed by atoms with Crippen LogP contribution in [0.25, 0.3) is 0 Å². The molecule has 0 radical (unpaired) electrons. The van der Waals surface area contributed by atoms with Gasteiger partial charge in [0.2, 0.25) is 0 Å². The standard InChI is InChI=1S/C22H27N2O3.Ba.H/c1-5-24(18(4)25)15-14-23-22(26)27-21(19-10-6-16(2)7-11-19)20-12-8-17(3)9-13-20;;/h6-13,21H,4-5,14-15H2,1-3H3,(H,23,26);;/q-1;+2;-1. The molecule has 0 aliphatic carbocycles. The minimum Gasteiger partial charge on any atom is -1.00 e. The van der Waals surface area contributed by atoms with Crippen LogP contribution in [0.3, 0.4) is 0 Å². The first-order chi connectivity index (χ1) is 12.9. The van der Waals surface area contributed by atoms with Gasteiger partial charge in [0.1, 0.15) is 0 Å². The number of nitrogens with one attached hydrogen (secondary N) is 1. The van der Waals surface area contributed by atoms with Crippen molar-refractivity contribution in [1.29, 1.82) is 0 Å². The maximum atomic E-state index is 12.3. The van der Waals surface area contributed by atoms with Crippen LogP contribution < -0.4 is 5.32 Å². The van der Waals surface area contributed by atoms with E-state index >= 15 is 0 Å². The second-order valence-corrected chi connectivity index (χ2v) is 6.51. The SMILES string of the molecule is [Ba+2].[CH2-]C(=O)N(CC)CCNC(=O)OC(c1ccc(C)cc1)c1ccc(C)cc1.[H-]. The predicted octanol–water partition coefficient (Wildman–Crippen LogP) is 3.53. The number of hydrogen-bond acceptors (Lipinski definition) is 3. The van der Waals surface area contributed by atoms with Crippen molar-refractivity contribution < 1.29 is 15.8 Å². The van der Waals surface area contributed by atoms with Crippen LogP contribution in [0.1, 0.15) is 36.7 Å². The van der Waals surface area contributed by atoms with Gasteiger partial charge < -0.3 is 28.1 Å². The Bertz CT molecular complexity index is 721. The fourth-order valence-electron chi connectivity index (χ4n) is 2.71. The summed E-state index contributed by atoms with van der Waals surface area (Å²) in [5.41, 5.74) is 4.09. The number of likely N-dealkylation sites (N-methyl/N-ethyl adjacent to an activating group) is 1. The molecule has 0 atom stereocenters. The maximum Gasteiger partial charge on any atom is 2.00 e. The molecule has 0 unspecified atom stereocenters. The monoisotopic (exact) mass is 506 g/mol. The fourth-order valence-corrected chi connectivity index (χ4v) is 2.71. The molecule has 2 rings (SSSR count). The van der Waals surface area contributed by atoms with E-state index in [1.54, 1.807) is 4.90 Å². The maximum absolute atomic E-state index is 12.3. The number of amides is 2. The first-order valence-corrected chi connectivity index (χ1v) is 9.09. The molecule has 0 saturated heterocycles. The number of hydrogen-bond donors (Lipinski definition) is 1. The van der Waals surface area contributed by atoms with Gasteiger partial charge in [0.15, 0.2) is 6.10 Å². The molecule has 0 heterocycles. The Morgan fingerprint density at radius 3 is 1.89 bits per heavy atom. The summed E-state index contributed by atoms with van der Waals surface area (Å²) in [6.45, 7) is 10.5. The molecule has 0 saturated carbocycles. The normalized spacial score (nSPS) is 10.1. The molecule has 5 nitrogen and oxygen atoms in total. The van der Waals surface area contributed by atoms with Crippen molar-refractivity contribution in [2.24, 2.45) is 0 Å². The number of nitrogens with zero attached hydrogens (tertiary/aromatic N) is 1. The van der Waals surface area contributed by atoms with Crippen molar-refractivity contribution in [1.82, 2.24) is 10.2 Å². The van der Waals surface area contributed by atoms with Crippen LogP contribution in [0.2, 0.25) is 0 Å². The molecule has 1 N–H and O–H groups in total. The van der Waals surface area contributed by atoms with Crippen molar-refractivity contribution in [2.75, 3.05) is 19.6 Å². The van der Waals surface area contributed by atoms with Crippen molar-refractivity contribution in [3.05, 3.63) is 77.7 Å². The van der Waals surface area contributed by atoms with E-state index in [1.807, 2.05) is 69.3 Å². The van der Waals surface area contributed by atoms with Crippen LogP contribution in [0.15, 0.2) is 48.5 Å². The van der Waals surface area contributed by atoms with E-state index in [0.29, 0.717) is 19.6 Å². The molecule has 2 aromatic rings. The van der Waals surface area contributed by atoms with Gasteiger partial charge in [-0.3, -0.25) is 0 Å². The Labute approximate surface area is 209 Å². The van der Waals surface area contributed by atoms with E-state index in [-0.39, 0.29) is 56.2 Å². The largest absolute Gasteiger partial charge is 2.00 e.